The summed E-state index contributed by atoms with van der Waals surface area (Å²) in [6.07, 6.45) is 0. The van der Waals surface area contributed by atoms with Crippen LogP contribution in [0.5, 0.6) is 0 Å². The van der Waals surface area contributed by atoms with Crippen LogP contribution >= 0.6 is 22.3 Å². The molecule has 8 heteroatoms. The fourth-order valence-electron chi connectivity index (χ4n) is 0.785. The van der Waals surface area contributed by atoms with Gasteiger partial charge in [0.2, 0.25) is 5.16 Å². The molecule has 0 N–H and O–H groups in total. The van der Waals surface area contributed by atoms with E-state index in [4.69, 9.17) is 27.5 Å². The van der Waals surface area contributed by atoms with Crippen LogP contribution in [0.4, 0.5) is 0 Å². The Kier molecular flexibility index (Phi) is 2.52. The molecule has 0 fully saturated rings. The first kappa shape index (κ1) is 10.3. The minimum atomic E-state index is -3.96. The lowest BCUT2D eigenvalue weighted by atomic mass is 10.5. The number of hydrogen-bond acceptors (Lipinski definition) is 4. The molecule has 0 atom stereocenters. The zero-order chi connectivity index (χ0) is 10.2. The summed E-state index contributed by atoms with van der Waals surface area (Å²) in [4.78, 5) is 3.44. The Labute approximate surface area is 83.9 Å². The smallest absolute Gasteiger partial charge is 0.295 e. The van der Waals surface area contributed by atoms with Crippen LogP contribution in [0.1, 0.15) is 5.69 Å². The lowest BCUT2D eigenvalue weighted by Crippen LogP contribution is -2.02. The first-order valence-electron chi connectivity index (χ1n) is 2.95. The molecule has 0 saturated heterocycles. The molecule has 13 heavy (non-hydrogen) atoms. The van der Waals surface area contributed by atoms with Crippen molar-refractivity contribution < 1.29 is 8.42 Å². The molecule has 1 rings (SSSR count). The SMILES string of the molecule is Cn1c(S(=O)(=O)Cl)nc(Cl)c1C#N. The zero-order valence-electron chi connectivity index (χ0n) is 6.32. The highest BCUT2D eigenvalue weighted by molar-refractivity contribution is 8.13. The first-order valence-corrected chi connectivity index (χ1v) is 5.63. The molecule has 0 saturated carbocycles. The summed E-state index contributed by atoms with van der Waals surface area (Å²) in [5, 5.41) is 7.93. The van der Waals surface area contributed by atoms with Crippen molar-refractivity contribution >= 4 is 31.3 Å². The van der Waals surface area contributed by atoms with E-state index < -0.39 is 14.2 Å². The monoisotopic (exact) mass is 239 g/mol. The van der Waals surface area contributed by atoms with Gasteiger partial charge in [0.1, 0.15) is 6.07 Å². The van der Waals surface area contributed by atoms with Crippen molar-refractivity contribution in [3.63, 3.8) is 0 Å². The predicted molar refractivity (Wildman–Crippen MR) is 46.0 cm³/mol. The number of nitriles is 1. The molecule has 0 aliphatic heterocycles. The van der Waals surface area contributed by atoms with E-state index in [9.17, 15) is 8.42 Å². The fourth-order valence-corrected chi connectivity index (χ4v) is 2.12. The lowest BCUT2D eigenvalue weighted by Gasteiger charge is -1.95. The maximum atomic E-state index is 10.8. The molecule has 0 aliphatic rings. The molecular formula is C5H3Cl2N3O2S. The van der Waals surface area contributed by atoms with E-state index in [2.05, 4.69) is 4.98 Å². The van der Waals surface area contributed by atoms with Crippen molar-refractivity contribution in [2.24, 2.45) is 7.05 Å². The topological polar surface area (TPSA) is 75.8 Å². The van der Waals surface area contributed by atoms with Gasteiger partial charge in [-0.1, -0.05) is 11.6 Å². The van der Waals surface area contributed by atoms with Gasteiger partial charge in [0.25, 0.3) is 9.05 Å². The van der Waals surface area contributed by atoms with Crippen LogP contribution in [0.25, 0.3) is 0 Å². The van der Waals surface area contributed by atoms with Gasteiger partial charge < -0.3 is 4.57 Å². The van der Waals surface area contributed by atoms with Crippen molar-refractivity contribution in [1.29, 1.82) is 5.26 Å². The molecule has 0 unspecified atom stereocenters. The number of aromatic nitrogens is 2. The molecule has 5 nitrogen and oxygen atoms in total. The number of rotatable bonds is 1. The van der Waals surface area contributed by atoms with Gasteiger partial charge in [-0.05, 0) is 0 Å². The highest BCUT2D eigenvalue weighted by Crippen LogP contribution is 2.20. The van der Waals surface area contributed by atoms with Gasteiger partial charge in [-0.15, -0.1) is 0 Å². The number of hydrogen-bond donors (Lipinski definition) is 0. The van der Waals surface area contributed by atoms with E-state index in [1.165, 1.54) is 7.05 Å². The summed E-state index contributed by atoms with van der Waals surface area (Å²) in [5.74, 6) is 0. The second-order valence-corrected chi connectivity index (χ2v) is 4.96. The average molecular weight is 240 g/mol. The van der Waals surface area contributed by atoms with Crippen molar-refractivity contribution in [2.75, 3.05) is 0 Å². The normalized spacial score (nSPS) is 11.2. The Bertz CT molecular complexity index is 485. The van der Waals surface area contributed by atoms with Crippen molar-refractivity contribution in [1.82, 2.24) is 9.55 Å². The van der Waals surface area contributed by atoms with Gasteiger partial charge in [-0.2, -0.15) is 5.26 Å². The lowest BCUT2D eigenvalue weighted by molar-refractivity contribution is 0.593. The number of imidazole rings is 1. The highest BCUT2D eigenvalue weighted by atomic mass is 35.7. The van der Waals surface area contributed by atoms with Gasteiger partial charge in [-0.25, -0.2) is 13.4 Å². The average Bonchev–Trinajstić information content (AvgIpc) is 2.25. The van der Waals surface area contributed by atoms with Gasteiger partial charge in [0.05, 0.1) is 0 Å². The molecule has 0 spiro atoms. The molecule has 0 amide bonds. The number of halogens is 2. The molecule has 0 aliphatic carbocycles. The van der Waals surface area contributed by atoms with Crippen LogP contribution in [0.15, 0.2) is 5.16 Å². The summed E-state index contributed by atoms with van der Waals surface area (Å²) in [7, 11) is 2.41. The van der Waals surface area contributed by atoms with E-state index in [0.29, 0.717) is 0 Å². The molecule has 0 radical (unpaired) electrons. The van der Waals surface area contributed by atoms with E-state index in [-0.39, 0.29) is 10.8 Å². The van der Waals surface area contributed by atoms with Crippen molar-refractivity contribution in [3.05, 3.63) is 10.8 Å². The Morgan fingerprint density at radius 3 is 2.38 bits per heavy atom. The Hall–Kier alpha value is -0.770. The molecule has 0 bridgehead atoms. The summed E-state index contributed by atoms with van der Waals surface area (Å²) in [6.45, 7) is 0. The molecule has 1 aromatic rings. The van der Waals surface area contributed by atoms with Gasteiger partial charge in [0, 0.05) is 17.7 Å². The third-order valence-electron chi connectivity index (χ3n) is 1.34. The van der Waals surface area contributed by atoms with Crippen LogP contribution in [0.2, 0.25) is 5.15 Å². The van der Waals surface area contributed by atoms with Crippen molar-refractivity contribution in [2.45, 2.75) is 5.16 Å². The molecular weight excluding hydrogens is 237 g/mol. The second-order valence-electron chi connectivity index (χ2n) is 2.14. The highest BCUT2D eigenvalue weighted by Gasteiger charge is 2.22. The minimum Gasteiger partial charge on any atom is -0.307 e. The standard InChI is InChI=1S/C5H3Cl2N3O2S/c1-10-3(2-8)4(6)9-5(10)13(7,11)12/h1H3. The summed E-state index contributed by atoms with van der Waals surface area (Å²) < 4.78 is 22.7. The van der Waals surface area contributed by atoms with Gasteiger partial charge >= 0.3 is 0 Å². The minimum absolute atomic E-state index is 0.0408. The predicted octanol–water partition coefficient (Wildman–Crippen LogP) is 0.873. The molecule has 70 valence electrons. The Morgan fingerprint density at radius 1 is 1.62 bits per heavy atom. The maximum absolute atomic E-state index is 10.8. The van der Waals surface area contributed by atoms with E-state index >= 15 is 0 Å². The second kappa shape index (κ2) is 3.18. The molecule has 1 aromatic heterocycles. The Balaban J connectivity index is 3.56. The van der Waals surface area contributed by atoms with Gasteiger partial charge in [-0.3, -0.25) is 0 Å². The number of nitrogens with zero attached hydrogens (tertiary/aromatic N) is 3. The zero-order valence-corrected chi connectivity index (χ0v) is 8.65. The van der Waals surface area contributed by atoms with Gasteiger partial charge in [0.15, 0.2) is 10.8 Å². The summed E-state index contributed by atoms with van der Waals surface area (Å²) >= 11 is 5.48. The molecule has 0 aromatic carbocycles. The Morgan fingerprint density at radius 2 is 2.15 bits per heavy atom. The largest absolute Gasteiger partial charge is 0.307 e. The fraction of sp³-hybridized carbons (Fsp3) is 0.200. The molecule has 1 heterocycles. The summed E-state index contributed by atoms with van der Waals surface area (Å²) in [6, 6.07) is 1.70. The van der Waals surface area contributed by atoms with Crippen molar-refractivity contribution in [3.8, 4) is 6.07 Å². The van der Waals surface area contributed by atoms with Crippen LogP contribution in [0.3, 0.4) is 0 Å². The van der Waals surface area contributed by atoms with Crippen LogP contribution in [-0.2, 0) is 16.1 Å². The first-order chi connectivity index (χ1) is 5.88. The quantitative estimate of drug-likeness (QED) is 0.682. The van der Waals surface area contributed by atoms with Crippen LogP contribution < -0.4 is 0 Å². The maximum Gasteiger partial charge on any atom is 0.295 e. The van der Waals surface area contributed by atoms with E-state index in [1.54, 1.807) is 6.07 Å². The third kappa shape index (κ3) is 1.77. The van der Waals surface area contributed by atoms with Crippen LogP contribution in [0, 0.1) is 11.3 Å². The summed E-state index contributed by atoms with van der Waals surface area (Å²) in [5.41, 5.74) is -0.0408. The third-order valence-corrected chi connectivity index (χ3v) is 2.81. The van der Waals surface area contributed by atoms with Crippen LogP contribution in [-0.4, -0.2) is 18.0 Å². The van der Waals surface area contributed by atoms with E-state index in [0.717, 1.165) is 4.57 Å². The van der Waals surface area contributed by atoms with E-state index in [1.807, 2.05) is 0 Å².